The van der Waals surface area contributed by atoms with Crippen molar-refractivity contribution in [1.29, 1.82) is 0 Å². The third-order valence-electron chi connectivity index (χ3n) is 3.30. The number of carbonyl (C=O) groups excluding carboxylic acids is 1. The number of fused-ring (bicyclic) bond motifs is 1. The Bertz CT molecular complexity index is 602. The average molecular weight is 261 g/mol. The van der Waals surface area contributed by atoms with Crippen LogP contribution in [0, 0.1) is 5.92 Å². The second kappa shape index (κ2) is 4.97. The van der Waals surface area contributed by atoms with E-state index in [-0.39, 0.29) is 5.97 Å². The van der Waals surface area contributed by atoms with E-state index in [2.05, 4.69) is 14.8 Å². The summed E-state index contributed by atoms with van der Waals surface area (Å²) in [5.74, 6) is 0.922. The minimum atomic E-state index is -0.365. The van der Waals surface area contributed by atoms with Gasteiger partial charge in [0, 0.05) is 25.8 Å². The van der Waals surface area contributed by atoms with Crippen LogP contribution in [0.4, 0.5) is 0 Å². The predicted molar refractivity (Wildman–Crippen MR) is 67.0 cm³/mol. The first-order chi connectivity index (χ1) is 9.26. The molecule has 0 spiro atoms. The molecule has 19 heavy (non-hydrogen) atoms. The predicted octanol–water partition coefficient (Wildman–Crippen LogP) is 1.09. The minimum Gasteiger partial charge on any atom is -0.465 e. The fourth-order valence-electron chi connectivity index (χ4n) is 2.26. The van der Waals surface area contributed by atoms with Gasteiger partial charge in [-0.1, -0.05) is 0 Å². The maximum absolute atomic E-state index is 11.4. The fraction of sp³-hybridized carbons (Fsp3) is 0.462. The van der Waals surface area contributed by atoms with Crippen molar-refractivity contribution in [3.05, 3.63) is 29.7 Å². The van der Waals surface area contributed by atoms with Crippen molar-refractivity contribution in [2.45, 2.75) is 12.8 Å². The van der Waals surface area contributed by atoms with Gasteiger partial charge in [0.25, 0.3) is 0 Å². The molecule has 1 unspecified atom stereocenters. The summed E-state index contributed by atoms with van der Waals surface area (Å²) in [4.78, 5) is 15.9. The maximum atomic E-state index is 11.4. The summed E-state index contributed by atoms with van der Waals surface area (Å²) >= 11 is 0. The number of ether oxygens (including phenoxy) is 2. The van der Waals surface area contributed by atoms with E-state index in [4.69, 9.17) is 4.74 Å². The number of pyridine rings is 1. The van der Waals surface area contributed by atoms with E-state index < -0.39 is 0 Å². The number of aromatic nitrogens is 3. The molecule has 0 N–H and O–H groups in total. The number of rotatable bonds is 3. The van der Waals surface area contributed by atoms with Crippen molar-refractivity contribution in [3.8, 4) is 0 Å². The van der Waals surface area contributed by atoms with Crippen LogP contribution in [0.3, 0.4) is 0 Å². The molecular formula is C13H15N3O3. The normalized spacial score (nSPS) is 18.9. The molecule has 6 heteroatoms. The summed E-state index contributed by atoms with van der Waals surface area (Å²) in [5.41, 5.74) is 1.15. The molecule has 0 aliphatic carbocycles. The van der Waals surface area contributed by atoms with E-state index in [1.165, 1.54) is 7.11 Å². The quantitative estimate of drug-likeness (QED) is 0.774. The van der Waals surface area contributed by atoms with Gasteiger partial charge in [0.05, 0.1) is 12.7 Å². The van der Waals surface area contributed by atoms with Gasteiger partial charge in [-0.05, 0) is 24.5 Å². The first kappa shape index (κ1) is 12.1. The van der Waals surface area contributed by atoms with Crippen LogP contribution in [0.1, 0.15) is 22.6 Å². The molecule has 1 atom stereocenters. The second-order valence-electron chi connectivity index (χ2n) is 4.67. The van der Waals surface area contributed by atoms with E-state index in [1.807, 2.05) is 0 Å². The number of methoxy groups -OCH3 is 1. The lowest BCUT2D eigenvalue weighted by Crippen LogP contribution is -2.05. The van der Waals surface area contributed by atoms with Gasteiger partial charge in [-0.15, -0.1) is 0 Å². The number of nitrogens with zero attached hydrogens (tertiary/aromatic N) is 3. The third kappa shape index (κ3) is 2.44. The molecule has 100 valence electrons. The molecule has 0 amide bonds. The highest BCUT2D eigenvalue weighted by Gasteiger charge is 2.18. The molecular weight excluding hydrogens is 246 g/mol. The Morgan fingerprint density at radius 3 is 3.26 bits per heavy atom. The second-order valence-corrected chi connectivity index (χ2v) is 4.67. The first-order valence-corrected chi connectivity index (χ1v) is 6.27. The zero-order valence-corrected chi connectivity index (χ0v) is 10.7. The molecule has 0 radical (unpaired) electrons. The lowest BCUT2D eigenvalue weighted by Gasteiger charge is -2.01. The van der Waals surface area contributed by atoms with Crippen LogP contribution in [-0.4, -0.2) is 40.9 Å². The Hall–Kier alpha value is -1.95. The molecule has 2 aromatic heterocycles. The first-order valence-electron chi connectivity index (χ1n) is 6.27. The van der Waals surface area contributed by atoms with Crippen molar-refractivity contribution >= 4 is 11.6 Å². The Morgan fingerprint density at radius 1 is 1.63 bits per heavy atom. The number of hydrogen-bond acceptors (Lipinski definition) is 5. The van der Waals surface area contributed by atoms with Crippen LogP contribution >= 0.6 is 0 Å². The average Bonchev–Trinajstić information content (AvgIpc) is 3.05. The van der Waals surface area contributed by atoms with Crippen molar-refractivity contribution < 1.29 is 14.3 Å². The van der Waals surface area contributed by atoms with Crippen LogP contribution < -0.4 is 0 Å². The van der Waals surface area contributed by atoms with Gasteiger partial charge < -0.3 is 9.47 Å². The lowest BCUT2D eigenvalue weighted by molar-refractivity contribution is 0.0600. The highest BCUT2D eigenvalue weighted by molar-refractivity contribution is 5.90. The van der Waals surface area contributed by atoms with E-state index in [1.54, 1.807) is 22.8 Å². The largest absolute Gasteiger partial charge is 0.465 e. The molecule has 1 aliphatic rings. The summed E-state index contributed by atoms with van der Waals surface area (Å²) in [5, 5.41) is 4.40. The van der Waals surface area contributed by atoms with E-state index >= 15 is 0 Å². The summed E-state index contributed by atoms with van der Waals surface area (Å²) in [6.45, 7) is 1.60. The summed E-state index contributed by atoms with van der Waals surface area (Å²) < 4.78 is 11.7. The molecule has 2 aromatic rings. The number of hydrogen-bond donors (Lipinski definition) is 0. The highest BCUT2D eigenvalue weighted by atomic mass is 16.5. The van der Waals surface area contributed by atoms with Crippen molar-refractivity contribution in [2.75, 3.05) is 20.3 Å². The van der Waals surface area contributed by atoms with Gasteiger partial charge in [-0.25, -0.2) is 14.3 Å². The maximum Gasteiger partial charge on any atom is 0.338 e. The molecule has 3 heterocycles. The van der Waals surface area contributed by atoms with Gasteiger partial charge >= 0.3 is 5.97 Å². The molecule has 0 saturated carbocycles. The SMILES string of the molecule is COC(=O)c1ccn2nc(CC3CCOC3)nc2c1. The number of esters is 1. The Labute approximate surface area is 110 Å². The van der Waals surface area contributed by atoms with Gasteiger partial charge in [0.2, 0.25) is 0 Å². The van der Waals surface area contributed by atoms with Crippen LogP contribution in [0.25, 0.3) is 5.65 Å². The Kier molecular flexibility index (Phi) is 3.16. The lowest BCUT2D eigenvalue weighted by atomic mass is 10.1. The van der Waals surface area contributed by atoms with Crippen LogP contribution in [0.15, 0.2) is 18.3 Å². The summed E-state index contributed by atoms with van der Waals surface area (Å²) in [7, 11) is 1.36. The van der Waals surface area contributed by atoms with Gasteiger partial charge in [-0.2, -0.15) is 5.10 Å². The van der Waals surface area contributed by atoms with Gasteiger partial charge in [0.15, 0.2) is 11.5 Å². The number of carbonyl (C=O) groups is 1. The van der Waals surface area contributed by atoms with E-state index in [0.29, 0.717) is 17.1 Å². The van der Waals surface area contributed by atoms with Crippen LogP contribution in [0.5, 0.6) is 0 Å². The molecule has 1 saturated heterocycles. The Morgan fingerprint density at radius 2 is 2.53 bits per heavy atom. The van der Waals surface area contributed by atoms with Crippen molar-refractivity contribution in [3.63, 3.8) is 0 Å². The van der Waals surface area contributed by atoms with E-state index in [9.17, 15) is 4.79 Å². The van der Waals surface area contributed by atoms with Crippen molar-refractivity contribution in [1.82, 2.24) is 14.6 Å². The molecule has 1 fully saturated rings. The standard InChI is InChI=1S/C13H15N3O3/c1-18-13(17)10-2-4-16-12(7-10)14-11(15-16)6-9-3-5-19-8-9/h2,4,7,9H,3,5-6,8H2,1H3. The zero-order valence-electron chi connectivity index (χ0n) is 10.7. The molecule has 6 nitrogen and oxygen atoms in total. The Balaban J connectivity index is 1.85. The third-order valence-corrected chi connectivity index (χ3v) is 3.30. The molecule has 0 aromatic carbocycles. The van der Waals surface area contributed by atoms with Crippen molar-refractivity contribution in [2.24, 2.45) is 5.92 Å². The monoisotopic (exact) mass is 261 g/mol. The van der Waals surface area contributed by atoms with Crippen LogP contribution in [0.2, 0.25) is 0 Å². The van der Waals surface area contributed by atoms with Crippen LogP contribution in [-0.2, 0) is 15.9 Å². The topological polar surface area (TPSA) is 65.7 Å². The fourth-order valence-corrected chi connectivity index (χ4v) is 2.26. The van der Waals surface area contributed by atoms with E-state index in [0.717, 1.165) is 31.9 Å². The minimum absolute atomic E-state index is 0.365. The highest BCUT2D eigenvalue weighted by Crippen LogP contribution is 2.17. The summed E-state index contributed by atoms with van der Waals surface area (Å²) in [6, 6.07) is 3.36. The molecule has 1 aliphatic heterocycles. The zero-order chi connectivity index (χ0) is 13.2. The van der Waals surface area contributed by atoms with Gasteiger partial charge in [0.1, 0.15) is 0 Å². The molecule has 3 rings (SSSR count). The molecule has 0 bridgehead atoms. The van der Waals surface area contributed by atoms with Gasteiger partial charge in [-0.3, -0.25) is 0 Å². The summed E-state index contributed by atoms with van der Waals surface area (Å²) in [6.07, 6.45) is 3.60. The smallest absolute Gasteiger partial charge is 0.338 e.